The van der Waals surface area contributed by atoms with E-state index in [4.69, 9.17) is 22.1 Å². The quantitative estimate of drug-likeness (QED) is 0.680. The standard InChI is InChI=1S/C20H20ClFN4O3/c1-29-17-6-5-11(9-13(17)21)16-10-12(7-8-25(16)19(23)27)26-15-4-2-3-14(22)18(15)24-20(26)28/h2-6,9,12,16H,7-8,10H2,1H3,(H2,23,27)(H,24,28). The molecule has 1 aliphatic heterocycles. The zero-order valence-electron chi connectivity index (χ0n) is 15.7. The fourth-order valence-corrected chi connectivity index (χ4v) is 4.39. The van der Waals surface area contributed by atoms with E-state index in [1.54, 1.807) is 33.7 Å². The molecular weight excluding hydrogens is 399 g/mol. The Balaban J connectivity index is 1.75. The zero-order valence-corrected chi connectivity index (χ0v) is 16.4. The zero-order chi connectivity index (χ0) is 20.7. The second-order valence-corrected chi connectivity index (χ2v) is 7.46. The van der Waals surface area contributed by atoms with Crippen molar-refractivity contribution in [3.63, 3.8) is 0 Å². The summed E-state index contributed by atoms with van der Waals surface area (Å²) in [6.07, 6.45) is 0.960. The number of nitrogens with one attached hydrogen (secondary N) is 1. The molecule has 0 radical (unpaired) electrons. The Labute approximate surface area is 170 Å². The van der Waals surface area contributed by atoms with Crippen LogP contribution in [0, 0.1) is 5.82 Å². The number of hydrogen-bond acceptors (Lipinski definition) is 3. The first kappa shape index (κ1) is 19.3. The fourth-order valence-electron chi connectivity index (χ4n) is 4.13. The Morgan fingerprint density at radius 3 is 2.83 bits per heavy atom. The van der Waals surface area contributed by atoms with Crippen molar-refractivity contribution in [1.82, 2.24) is 14.5 Å². The number of aromatic amines is 1. The maximum Gasteiger partial charge on any atom is 0.326 e. The number of benzene rings is 2. The maximum atomic E-state index is 14.1. The number of nitrogens with two attached hydrogens (primary N) is 1. The summed E-state index contributed by atoms with van der Waals surface area (Å²) < 4.78 is 20.9. The summed E-state index contributed by atoms with van der Waals surface area (Å²) >= 11 is 6.27. The lowest BCUT2D eigenvalue weighted by atomic mass is 9.91. The van der Waals surface area contributed by atoms with Crippen molar-refractivity contribution in [3.8, 4) is 5.75 Å². The average molecular weight is 419 g/mol. The van der Waals surface area contributed by atoms with Gasteiger partial charge in [0, 0.05) is 12.6 Å². The van der Waals surface area contributed by atoms with Gasteiger partial charge in [-0.15, -0.1) is 0 Å². The summed E-state index contributed by atoms with van der Waals surface area (Å²) in [7, 11) is 1.52. The number of methoxy groups -OCH3 is 1. The topological polar surface area (TPSA) is 93.3 Å². The summed E-state index contributed by atoms with van der Waals surface area (Å²) in [6.45, 7) is 0.364. The van der Waals surface area contributed by atoms with Crippen LogP contribution in [0.4, 0.5) is 9.18 Å². The minimum absolute atomic E-state index is 0.180. The summed E-state index contributed by atoms with van der Waals surface area (Å²) in [5.74, 6) is 0.0446. The number of aromatic nitrogens is 2. The Hall–Kier alpha value is -3.00. The van der Waals surface area contributed by atoms with Crippen LogP contribution in [0.25, 0.3) is 11.0 Å². The average Bonchev–Trinajstić information content (AvgIpc) is 3.04. The van der Waals surface area contributed by atoms with E-state index in [-0.39, 0.29) is 23.3 Å². The molecular formula is C20H20ClFN4O3. The predicted octanol–water partition coefficient (Wildman–Crippen LogP) is 3.59. The van der Waals surface area contributed by atoms with Crippen LogP contribution >= 0.6 is 11.6 Å². The van der Waals surface area contributed by atoms with Crippen molar-refractivity contribution in [2.75, 3.05) is 13.7 Å². The second kappa shape index (κ2) is 7.44. The molecule has 0 saturated carbocycles. The molecule has 1 fully saturated rings. The van der Waals surface area contributed by atoms with Crippen molar-refractivity contribution in [3.05, 3.63) is 63.3 Å². The number of hydrogen-bond donors (Lipinski definition) is 2. The van der Waals surface area contributed by atoms with E-state index in [0.717, 1.165) is 5.56 Å². The molecule has 9 heteroatoms. The van der Waals surface area contributed by atoms with E-state index in [2.05, 4.69) is 4.98 Å². The molecule has 0 spiro atoms. The van der Waals surface area contributed by atoms with Gasteiger partial charge >= 0.3 is 11.7 Å². The number of rotatable bonds is 3. The molecule has 29 heavy (non-hydrogen) atoms. The Morgan fingerprint density at radius 1 is 1.34 bits per heavy atom. The highest BCUT2D eigenvalue weighted by atomic mass is 35.5. The van der Waals surface area contributed by atoms with Gasteiger partial charge in [0.25, 0.3) is 0 Å². The molecule has 1 aromatic heterocycles. The number of carbonyl (C=O) groups excluding carboxylic acids is 1. The number of para-hydroxylation sites is 1. The predicted molar refractivity (Wildman–Crippen MR) is 108 cm³/mol. The molecule has 4 rings (SSSR count). The lowest BCUT2D eigenvalue weighted by molar-refractivity contribution is 0.136. The summed E-state index contributed by atoms with van der Waals surface area (Å²) in [4.78, 5) is 28.8. The number of carbonyl (C=O) groups is 1. The molecule has 7 nitrogen and oxygen atoms in total. The number of halogens is 2. The maximum absolute atomic E-state index is 14.1. The molecule has 2 heterocycles. The summed E-state index contributed by atoms with van der Waals surface area (Å²) in [6, 6.07) is 8.72. The molecule has 1 saturated heterocycles. The molecule has 0 bridgehead atoms. The third kappa shape index (κ3) is 3.33. The van der Waals surface area contributed by atoms with Crippen molar-refractivity contribution < 1.29 is 13.9 Å². The highest BCUT2D eigenvalue weighted by Crippen LogP contribution is 2.39. The number of imidazole rings is 1. The van der Waals surface area contributed by atoms with E-state index in [1.165, 1.54) is 13.2 Å². The van der Waals surface area contributed by atoms with Crippen molar-refractivity contribution in [2.24, 2.45) is 5.73 Å². The number of nitrogens with zero attached hydrogens (tertiary/aromatic N) is 2. The second-order valence-electron chi connectivity index (χ2n) is 7.05. The summed E-state index contributed by atoms with van der Waals surface area (Å²) in [5, 5.41) is 0.419. The first-order chi connectivity index (χ1) is 13.9. The van der Waals surface area contributed by atoms with Gasteiger partial charge < -0.3 is 20.4 Å². The van der Waals surface area contributed by atoms with Gasteiger partial charge in [0.05, 0.1) is 23.7 Å². The van der Waals surface area contributed by atoms with E-state index >= 15 is 0 Å². The highest BCUT2D eigenvalue weighted by molar-refractivity contribution is 6.32. The highest BCUT2D eigenvalue weighted by Gasteiger charge is 2.34. The minimum atomic E-state index is -0.544. The number of ether oxygens (including phenoxy) is 1. The molecule has 152 valence electrons. The van der Waals surface area contributed by atoms with Crippen LogP contribution in [-0.4, -0.2) is 34.1 Å². The SMILES string of the molecule is COc1ccc(C2CC(n3c(=O)[nH]c4c(F)cccc43)CCN2C(N)=O)cc1Cl. The molecule has 2 atom stereocenters. The first-order valence-electron chi connectivity index (χ1n) is 9.19. The monoisotopic (exact) mass is 418 g/mol. The normalized spacial score (nSPS) is 19.5. The third-order valence-electron chi connectivity index (χ3n) is 5.49. The van der Waals surface area contributed by atoms with Gasteiger partial charge in [-0.25, -0.2) is 14.0 Å². The van der Waals surface area contributed by atoms with Crippen LogP contribution < -0.4 is 16.2 Å². The van der Waals surface area contributed by atoms with Crippen molar-refractivity contribution in [2.45, 2.75) is 24.9 Å². The lowest BCUT2D eigenvalue weighted by Gasteiger charge is -2.39. The van der Waals surface area contributed by atoms with E-state index in [0.29, 0.717) is 35.7 Å². The lowest BCUT2D eigenvalue weighted by Crippen LogP contribution is -2.45. The van der Waals surface area contributed by atoms with Gasteiger partial charge in [0.2, 0.25) is 0 Å². The number of likely N-dealkylation sites (tertiary alicyclic amines) is 1. The van der Waals surface area contributed by atoms with Crippen LogP contribution in [0.1, 0.15) is 30.5 Å². The number of piperidine rings is 1. The van der Waals surface area contributed by atoms with Gasteiger partial charge in [-0.05, 0) is 42.7 Å². The van der Waals surface area contributed by atoms with Crippen LogP contribution in [0.2, 0.25) is 5.02 Å². The van der Waals surface area contributed by atoms with E-state index in [1.807, 2.05) is 6.07 Å². The molecule has 3 aromatic rings. The number of H-pyrrole nitrogens is 1. The van der Waals surface area contributed by atoms with E-state index in [9.17, 15) is 14.0 Å². The van der Waals surface area contributed by atoms with Crippen LogP contribution in [0.5, 0.6) is 5.75 Å². The van der Waals surface area contributed by atoms with Crippen LogP contribution in [0.15, 0.2) is 41.2 Å². The number of primary amides is 1. The van der Waals surface area contributed by atoms with Gasteiger partial charge in [0.1, 0.15) is 17.1 Å². The van der Waals surface area contributed by atoms with Gasteiger partial charge in [-0.1, -0.05) is 23.7 Å². The van der Waals surface area contributed by atoms with Gasteiger partial charge in [-0.3, -0.25) is 4.57 Å². The molecule has 3 N–H and O–H groups in total. The number of fused-ring (bicyclic) bond motifs is 1. The summed E-state index contributed by atoms with van der Waals surface area (Å²) in [5.41, 5.74) is 6.69. The molecule has 2 amide bonds. The first-order valence-corrected chi connectivity index (χ1v) is 9.56. The van der Waals surface area contributed by atoms with Gasteiger partial charge in [-0.2, -0.15) is 0 Å². The largest absolute Gasteiger partial charge is 0.495 e. The number of urea groups is 1. The van der Waals surface area contributed by atoms with E-state index < -0.39 is 11.8 Å². The number of amides is 2. The van der Waals surface area contributed by atoms with Crippen molar-refractivity contribution >= 4 is 28.7 Å². The Kier molecular flexibility index (Phi) is 4.96. The molecule has 2 aromatic carbocycles. The van der Waals surface area contributed by atoms with Crippen molar-refractivity contribution in [1.29, 1.82) is 0 Å². The van der Waals surface area contributed by atoms with Crippen LogP contribution in [0.3, 0.4) is 0 Å². The Bertz CT molecular complexity index is 1140. The smallest absolute Gasteiger partial charge is 0.326 e. The third-order valence-corrected chi connectivity index (χ3v) is 5.78. The van der Waals surface area contributed by atoms with Gasteiger partial charge in [0.15, 0.2) is 0 Å². The molecule has 2 unspecified atom stereocenters. The van der Waals surface area contributed by atoms with Crippen LogP contribution in [-0.2, 0) is 0 Å². The molecule has 1 aliphatic rings. The minimum Gasteiger partial charge on any atom is -0.495 e. The Morgan fingerprint density at radius 2 is 2.14 bits per heavy atom. The fraction of sp³-hybridized carbons (Fsp3) is 0.300. The molecule has 0 aliphatic carbocycles.